The summed E-state index contributed by atoms with van der Waals surface area (Å²) in [6.07, 6.45) is 58.8. The Morgan fingerprint density at radius 3 is 1.26 bits per heavy atom. The minimum absolute atomic E-state index is 0.0114. The standard InChI is InChI=1S/C65H102O12/c1-4-7-10-13-16-19-22-25-27-28-29-30-32-35-38-41-44-47-50-53-59(68)76-63-61(70)60(69)62(64(71)72)77-65(63)74-55-56(75-58(67)52-49-46-43-40-37-33-24-21-18-15-12-9-6-3)54-73-57(66)51-48-45-42-39-36-34-31-26-23-20-17-14-11-8-5-2/h7-8,10-12,15-17,19-21,24-27,29-31,35,38,56,60-63,65,69-70H,4-6,9,13-14,18,22-23,28,32-34,36-37,39-55H2,1-3H3,(H,71,72)/b10-7-,11-8-,15-12-,19-16-,20-17-,24-21-,27-25-,30-29-,31-26-,38-35-. The van der Waals surface area contributed by atoms with E-state index in [-0.39, 0.29) is 25.9 Å². The molecule has 12 nitrogen and oxygen atoms in total. The first kappa shape index (κ1) is 70.1. The second-order valence-electron chi connectivity index (χ2n) is 19.5. The zero-order chi connectivity index (χ0) is 56.1. The molecule has 0 aromatic heterocycles. The van der Waals surface area contributed by atoms with E-state index in [0.29, 0.717) is 19.3 Å². The number of aliphatic hydroxyl groups excluding tert-OH is 2. The van der Waals surface area contributed by atoms with Crippen LogP contribution in [-0.2, 0) is 42.9 Å². The maximum absolute atomic E-state index is 13.1. The highest BCUT2D eigenvalue weighted by Gasteiger charge is 2.50. The van der Waals surface area contributed by atoms with Crippen LogP contribution in [-0.4, -0.2) is 89.2 Å². The Kier molecular flexibility index (Phi) is 47.2. The molecule has 0 aliphatic carbocycles. The Balaban J connectivity index is 2.73. The highest BCUT2D eigenvalue weighted by atomic mass is 16.7. The van der Waals surface area contributed by atoms with Gasteiger partial charge < -0.3 is 39.0 Å². The predicted molar refractivity (Wildman–Crippen MR) is 312 cm³/mol. The lowest BCUT2D eigenvalue weighted by Crippen LogP contribution is -2.61. The summed E-state index contributed by atoms with van der Waals surface area (Å²) in [6.45, 7) is 5.65. The van der Waals surface area contributed by atoms with Crippen LogP contribution in [0.4, 0.5) is 0 Å². The summed E-state index contributed by atoms with van der Waals surface area (Å²) >= 11 is 0. The smallest absolute Gasteiger partial charge is 0.335 e. The Hall–Kier alpha value is -4.88. The molecular weight excluding hydrogens is 973 g/mol. The number of hydrogen-bond donors (Lipinski definition) is 3. The minimum atomic E-state index is -1.93. The van der Waals surface area contributed by atoms with Crippen molar-refractivity contribution in [2.75, 3.05) is 13.2 Å². The Morgan fingerprint density at radius 2 is 0.818 bits per heavy atom. The van der Waals surface area contributed by atoms with Gasteiger partial charge in [-0.25, -0.2) is 4.79 Å². The van der Waals surface area contributed by atoms with Crippen LogP contribution < -0.4 is 0 Å². The van der Waals surface area contributed by atoms with E-state index in [4.69, 9.17) is 23.7 Å². The number of hydrogen-bond acceptors (Lipinski definition) is 11. The number of aliphatic carboxylic acids is 1. The van der Waals surface area contributed by atoms with E-state index in [0.717, 1.165) is 154 Å². The van der Waals surface area contributed by atoms with Crippen molar-refractivity contribution in [1.29, 1.82) is 0 Å². The summed E-state index contributed by atoms with van der Waals surface area (Å²) in [4.78, 5) is 51.1. The molecule has 0 aromatic carbocycles. The van der Waals surface area contributed by atoms with Crippen molar-refractivity contribution in [3.05, 3.63) is 122 Å². The third kappa shape index (κ3) is 41.8. The number of ether oxygens (including phenoxy) is 5. The quantitative estimate of drug-likeness (QED) is 0.0228. The van der Waals surface area contributed by atoms with Crippen LogP contribution in [0.5, 0.6) is 0 Å². The fourth-order valence-corrected chi connectivity index (χ4v) is 8.03. The number of aliphatic hydroxyl groups is 2. The predicted octanol–water partition coefficient (Wildman–Crippen LogP) is 15.2. The van der Waals surface area contributed by atoms with Crippen LogP contribution in [0.1, 0.15) is 213 Å². The van der Waals surface area contributed by atoms with Crippen LogP contribution >= 0.6 is 0 Å². The van der Waals surface area contributed by atoms with E-state index in [1.54, 1.807) is 0 Å². The fraction of sp³-hybridized carbons (Fsp3) is 0.631. The molecule has 12 heteroatoms. The number of unbranched alkanes of at least 4 members (excludes halogenated alkanes) is 14. The summed E-state index contributed by atoms with van der Waals surface area (Å²) in [5.74, 6) is -3.22. The van der Waals surface area contributed by atoms with Crippen molar-refractivity contribution < 1.29 is 58.2 Å². The van der Waals surface area contributed by atoms with E-state index in [2.05, 4.69) is 142 Å². The number of rotatable bonds is 48. The van der Waals surface area contributed by atoms with Crippen molar-refractivity contribution in [3.8, 4) is 0 Å². The van der Waals surface area contributed by atoms with E-state index in [1.165, 1.54) is 0 Å². The van der Waals surface area contributed by atoms with Crippen molar-refractivity contribution in [1.82, 2.24) is 0 Å². The molecule has 434 valence electrons. The molecule has 0 radical (unpaired) electrons. The zero-order valence-electron chi connectivity index (χ0n) is 47.7. The van der Waals surface area contributed by atoms with Crippen molar-refractivity contribution in [3.63, 3.8) is 0 Å². The molecule has 1 heterocycles. The second kappa shape index (κ2) is 51.9. The summed E-state index contributed by atoms with van der Waals surface area (Å²) < 4.78 is 28.4. The van der Waals surface area contributed by atoms with E-state index >= 15 is 0 Å². The average molecular weight is 1080 g/mol. The Morgan fingerprint density at radius 1 is 0.442 bits per heavy atom. The summed E-state index contributed by atoms with van der Waals surface area (Å²) in [5.41, 5.74) is 0. The van der Waals surface area contributed by atoms with Crippen LogP contribution in [0, 0.1) is 0 Å². The van der Waals surface area contributed by atoms with Gasteiger partial charge in [-0.2, -0.15) is 0 Å². The van der Waals surface area contributed by atoms with E-state index < -0.39 is 67.3 Å². The molecule has 1 saturated heterocycles. The molecule has 0 spiro atoms. The molecule has 77 heavy (non-hydrogen) atoms. The third-order valence-corrected chi connectivity index (χ3v) is 12.5. The molecule has 1 rings (SSSR count). The topological polar surface area (TPSA) is 175 Å². The van der Waals surface area contributed by atoms with Gasteiger partial charge in [0, 0.05) is 19.3 Å². The van der Waals surface area contributed by atoms with Crippen LogP contribution in [0.3, 0.4) is 0 Å². The highest BCUT2D eigenvalue weighted by molar-refractivity contribution is 5.74. The fourth-order valence-electron chi connectivity index (χ4n) is 8.03. The molecule has 0 aromatic rings. The minimum Gasteiger partial charge on any atom is -0.479 e. The average Bonchev–Trinajstić information content (AvgIpc) is 3.42. The van der Waals surface area contributed by atoms with Gasteiger partial charge >= 0.3 is 23.9 Å². The molecule has 1 fully saturated rings. The molecule has 6 unspecified atom stereocenters. The number of carbonyl (C=O) groups excluding carboxylic acids is 3. The number of carboxylic acid groups (broad SMARTS) is 1. The molecule has 1 aliphatic heterocycles. The molecule has 0 amide bonds. The molecule has 6 atom stereocenters. The molecule has 0 saturated carbocycles. The maximum atomic E-state index is 13.1. The van der Waals surface area contributed by atoms with Gasteiger partial charge in [-0.05, 0) is 122 Å². The van der Waals surface area contributed by atoms with Crippen molar-refractivity contribution in [2.24, 2.45) is 0 Å². The first-order valence-corrected chi connectivity index (χ1v) is 29.5. The molecule has 0 bridgehead atoms. The SMILES string of the molecule is CC/C=C\C/C=C\C/C=C\C/C=C\C/C=C\CCCCCC(=O)OC1C(OCC(COC(=O)CCCCCCC/C=C\C/C=C\C/C=C\CC)OC(=O)CCCCCCC/C=C\C/C=C\CCC)OC(C(=O)O)C(O)C1O. The third-order valence-electron chi connectivity index (χ3n) is 12.5. The van der Waals surface area contributed by atoms with Gasteiger partial charge in [-0.3, -0.25) is 14.4 Å². The lowest BCUT2D eigenvalue weighted by molar-refractivity contribution is -0.301. The lowest BCUT2D eigenvalue weighted by Gasteiger charge is -2.40. The monoisotopic (exact) mass is 1070 g/mol. The van der Waals surface area contributed by atoms with Gasteiger partial charge in [0.15, 0.2) is 24.6 Å². The van der Waals surface area contributed by atoms with Crippen molar-refractivity contribution >= 4 is 23.9 Å². The Bertz CT molecular complexity index is 1800. The number of allylic oxidation sites excluding steroid dienone is 20. The zero-order valence-corrected chi connectivity index (χ0v) is 47.7. The van der Waals surface area contributed by atoms with Crippen LogP contribution in [0.15, 0.2) is 122 Å². The molecule has 3 N–H and O–H groups in total. The number of esters is 3. The highest BCUT2D eigenvalue weighted by Crippen LogP contribution is 2.26. The molecular formula is C65H102O12. The summed E-state index contributed by atoms with van der Waals surface area (Å²) in [6, 6.07) is 0. The summed E-state index contributed by atoms with van der Waals surface area (Å²) in [5, 5.41) is 31.5. The van der Waals surface area contributed by atoms with Gasteiger partial charge in [0.1, 0.15) is 18.8 Å². The normalized spacial score (nSPS) is 18.9. The Labute approximate surface area is 465 Å². The summed E-state index contributed by atoms with van der Waals surface area (Å²) in [7, 11) is 0. The first-order valence-electron chi connectivity index (χ1n) is 29.5. The van der Waals surface area contributed by atoms with Gasteiger partial charge in [-0.15, -0.1) is 0 Å². The van der Waals surface area contributed by atoms with Crippen molar-refractivity contribution in [2.45, 2.75) is 250 Å². The maximum Gasteiger partial charge on any atom is 0.335 e. The molecule has 1 aliphatic rings. The van der Waals surface area contributed by atoms with E-state index in [1.807, 2.05) is 0 Å². The van der Waals surface area contributed by atoms with Crippen LogP contribution in [0.2, 0.25) is 0 Å². The van der Waals surface area contributed by atoms with Gasteiger partial charge in [0.2, 0.25) is 0 Å². The van der Waals surface area contributed by atoms with Gasteiger partial charge in [0.25, 0.3) is 0 Å². The largest absolute Gasteiger partial charge is 0.479 e. The van der Waals surface area contributed by atoms with Crippen LogP contribution in [0.25, 0.3) is 0 Å². The van der Waals surface area contributed by atoms with Gasteiger partial charge in [0.05, 0.1) is 6.61 Å². The second-order valence-corrected chi connectivity index (χ2v) is 19.5. The number of carbonyl (C=O) groups is 4. The number of carboxylic acids is 1. The first-order chi connectivity index (χ1) is 37.6. The van der Waals surface area contributed by atoms with Gasteiger partial charge in [-0.1, -0.05) is 194 Å². The lowest BCUT2D eigenvalue weighted by atomic mass is 9.98. The van der Waals surface area contributed by atoms with E-state index in [9.17, 15) is 34.5 Å².